The number of amides is 1. The van der Waals surface area contributed by atoms with Gasteiger partial charge in [-0.3, -0.25) is 9.78 Å². The molecular weight excluding hydrogens is 340 g/mol. The van der Waals surface area contributed by atoms with Crippen molar-refractivity contribution in [2.75, 3.05) is 0 Å². The summed E-state index contributed by atoms with van der Waals surface area (Å²) in [6, 6.07) is 14.7. The average molecular weight is 356 g/mol. The number of ether oxygens (including phenoxy) is 1. The summed E-state index contributed by atoms with van der Waals surface area (Å²) in [6.07, 6.45) is 4.95. The van der Waals surface area contributed by atoms with Gasteiger partial charge in [0.25, 0.3) is 0 Å². The third-order valence-electron chi connectivity index (χ3n) is 4.23. The molecule has 132 valence electrons. The van der Waals surface area contributed by atoms with Gasteiger partial charge in [0.1, 0.15) is 17.8 Å². The van der Waals surface area contributed by atoms with Crippen molar-refractivity contribution in [2.45, 2.75) is 6.92 Å². The van der Waals surface area contributed by atoms with Gasteiger partial charge in [-0.2, -0.15) is 0 Å². The first-order chi connectivity index (χ1) is 13.1. The second kappa shape index (κ2) is 6.84. The summed E-state index contributed by atoms with van der Waals surface area (Å²) in [5.74, 6) is 0.909. The Bertz CT molecular complexity index is 1160. The van der Waals surface area contributed by atoms with Crippen molar-refractivity contribution in [3.8, 4) is 22.8 Å². The Balaban J connectivity index is 1.64. The van der Waals surface area contributed by atoms with Crippen LogP contribution in [-0.4, -0.2) is 20.9 Å². The van der Waals surface area contributed by atoms with E-state index in [-0.39, 0.29) is 0 Å². The fourth-order valence-electron chi connectivity index (χ4n) is 2.89. The highest BCUT2D eigenvalue weighted by Gasteiger charge is 2.09. The molecule has 0 aliphatic heterocycles. The second-order valence-corrected chi connectivity index (χ2v) is 6.12. The Labute approximate surface area is 155 Å². The Morgan fingerprint density at radius 2 is 1.85 bits per heavy atom. The molecule has 0 radical (unpaired) electrons. The summed E-state index contributed by atoms with van der Waals surface area (Å²) < 4.78 is 5.97. The van der Waals surface area contributed by atoms with Crippen molar-refractivity contribution < 1.29 is 9.53 Å². The van der Waals surface area contributed by atoms with Gasteiger partial charge in [-0.15, -0.1) is 0 Å². The SMILES string of the molecule is Cc1cc(-c2cc(Oc3ccc4ncncc4c3)ccn2)ccc1C(N)=O. The van der Waals surface area contributed by atoms with Crippen LogP contribution in [0.3, 0.4) is 0 Å². The molecule has 2 aromatic heterocycles. The summed E-state index contributed by atoms with van der Waals surface area (Å²) in [5, 5.41) is 0.905. The molecule has 0 aliphatic carbocycles. The fourth-order valence-corrected chi connectivity index (χ4v) is 2.89. The van der Waals surface area contributed by atoms with Crippen molar-refractivity contribution in [3.63, 3.8) is 0 Å². The lowest BCUT2D eigenvalue weighted by Gasteiger charge is -2.09. The van der Waals surface area contributed by atoms with Crippen LogP contribution in [0.25, 0.3) is 22.2 Å². The molecule has 1 amide bonds. The molecule has 4 aromatic rings. The molecule has 6 heteroatoms. The predicted octanol–water partition coefficient (Wildman–Crippen LogP) is 3.89. The molecule has 0 saturated carbocycles. The number of carbonyl (C=O) groups is 1. The lowest BCUT2D eigenvalue weighted by Crippen LogP contribution is -2.12. The van der Waals surface area contributed by atoms with E-state index in [1.807, 2.05) is 43.3 Å². The Morgan fingerprint density at radius 3 is 2.67 bits per heavy atom. The highest BCUT2D eigenvalue weighted by atomic mass is 16.5. The first-order valence-electron chi connectivity index (χ1n) is 8.35. The zero-order chi connectivity index (χ0) is 18.8. The standard InChI is InChI=1S/C21H16N4O2/c1-13-8-14(2-4-18(13)21(22)26)20-10-17(6-7-24-20)27-16-3-5-19-15(9-16)11-23-12-25-19/h2-12H,1H3,(H2,22,26). The molecule has 0 bridgehead atoms. The molecule has 2 N–H and O–H groups in total. The van der Waals surface area contributed by atoms with E-state index in [1.165, 1.54) is 6.33 Å². The second-order valence-electron chi connectivity index (χ2n) is 6.12. The molecule has 6 nitrogen and oxygen atoms in total. The number of nitrogens with two attached hydrogens (primary N) is 1. The first kappa shape index (κ1) is 16.7. The van der Waals surface area contributed by atoms with Gasteiger partial charge in [0.15, 0.2) is 0 Å². The third-order valence-corrected chi connectivity index (χ3v) is 4.23. The van der Waals surface area contributed by atoms with Gasteiger partial charge in [0.05, 0.1) is 11.2 Å². The van der Waals surface area contributed by atoms with Gasteiger partial charge in [-0.25, -0.2) is 9.97 Å². The minimum atomic E-state index is -0.440. The maximum absolute atomic E-state index is 11.4. The molecule has 0 saturated heterocycles. The number of carbonyl (C=O) groups excluding carboxylic acids is 1. The van der Waals surface area contributed by atoms with Crippen LogP contribution in [-0.2, 0) is 0 Å². The van der Waals surface area contributed by atoms with Crippen LogP contribution in [0.15, 0.2) is 67.3 Å². The molecule has 0 spiro atoms. The van der Waals surface area contributed by atoms with Crippen molar-refractivity contribution in [1.82, 2.24) is 15.0 Å². The van der Waals surface area contributed by atoms with Crippen molar-refractivity contribution in [3.05, 3.63) is 78.4 Å². The van der Waals surface area contributed by atoms with Crippen LogP contribution < -0.4 is 10.5 Å². The van der Waals surface area contributed by atoms with E-state index in [0.717, 1.165) is 27.7 Å². The molecule has 0 fully saturated rings. The van der Waals surface area contributed by atoms with Gasteiger partial charge in [-0.05, 0) is 48.9 Å². The lowest BCUT2D eigenvalue weighted by atomic mass is 10.0. The van der Waals surface area contributed by atoms with Gasteiger partial charge in [-0.1, -0.05) is 6.07 Å². The topological polar surface area (TPSA) is 91.0 Å². The van der Waals surface area contributed by atoms with E-state index < -0.39 is 5.91 Å². The number of nitrogens with zero attached hydrogens (tertiary/aromatic N) is 3. The Morgan fingerprint density at radius 1 is 1.00 bits per heavy atom. The zero-order valence-corrected chi connectivity index (χ0v) is 14.6. The van der Waals surface area contributed by atoms with E-state index in [0.29, 0.717) is 17.1 Å². The van der Waals surface area contributed by atoms with Gasteiger partial charge >= 0.3 is 0 Å². The minimum absolute atomic E-state index is 0.440. The monoisotopic (exact) mass is 356 g/mol. The highest BCUT2D eigenvalue weighted by molar-refractivity contribution is 5.94. The summed E-state index contributed by atoms with van der Waals surface area (Å²) in [4.78, 5) is 24.0. The van der Waals surface area contributed by atoms with Crippen LogP contribution in [0.4, 0.5) is 0 Å². The van der Waals surface area contributed by atoms with Crippen LogP contribution in [0, 0.1) is 6.92 Å². The van der Waals surface area contributed by atoms with Gasteiger partial charge < -0.3 is 10.5 Å². The lowest BCUT2D eigenvalue weighted by molar-refractivity contribution is 0.0999. The first-order valence-corrected chi connectivity index (χ1v) is 8.35. The molecule has 0 unspecified atom stereocenters. The van der Waals surface area contributed by atoms with E-state index in [9.17, 15) is 4.79 Å². The molecule has 4 rings (SSSR count). The van der Waals surface area contributed by atoms with Crippen LogP contribution in [0.5, 0.6) is 11.5 Å². The number of primary amides is 1. The molecule has 2 aromatic carbocycles. The smallest absolute Gasteiger partial charge is 0.248 e. The Hall–Kier alpha value is -3.80. The highest BCUT2D eigenvalue weighted by Crippen LogP contribution is 2.28. The zero-order valence-electron chi connectivity index (χ0n) is 14.6. The van der Waals surface area contributed by atoms with Crippen LogP contribution in [0.1, 0.15) is 15.9 Å². The fraction of sp³-hybridized carbons (Fsp3) is 0.0476. The summed E-state index contributed by atoms with van der Waals surface area (Å²) in [5.41, 5.74) is 9.17. The molecule has 0 atom stereocenters. The minimum Gasteiger partial charge on any atom is -0.457 e. The summed E-state index contributed by atoms with van der Waals surface area (Å²) in [7, 11) is 0. The van der Waals surface area contributed by atoms with E-state index in [2.05, 4.69) is 15.0 Å². The Kier molecular flexibility index (Phi) is 4.22. The normalized spacial score (nSPS) is 10.7. The summed E-state index contributed by atoms with van der Waals surface area (Å²) >= 11 is 0. The predicted molar refractivity (Wildman–Crippen MR) is 103 cm³/mol. The van der Waals surface area contributed by atoms with Crippen molar-refractivity contribution in [2.24, 2.45) is 5.73 Å². The van der Waals surface area contributed by atoms with Crippen LogP contribution >= 0.6 is 0 Å². The summed E-state index contributed by atoms with van der Waals surface area (Å²) in [6.45, 7) is 1.85. The van der Waals surface area contributed by atoms with Crippen LogP contribution in [0.2, 0.25) is 0 Å². The number of rotatable bonds is 4. The number of aryl methyl sites for hydroxylation is 1. The number of benzene rings is 2. The van der Waals surface area contributed by atoms with E-state index in [4.69, 9.17) is 10.5 Å². The maximum atomic E-state index is 11.4. The maximum Gasteiger partial charge on any atom is 0.248 e. The molecule has 0 aliphatic rings. The number of pyridine rings is 1. The quantitative estimate of drug-likeness (QED) is 0.599. The molecular formula is C21H16N4O2. The number of aromatic nitrogens is 3. The van der Waals surface area contributed by atoms with E-state index >= 15 is 0 Å². The average Bonchev–Trinajstić information content (AvgIpc) is 2.68. The number of fused-ring (bicyclic) bond motifs is 1. The van der Waals surface area contributed by atoms with Gasteiger partial charge in [0, 0.05) is 35.0 Å². The van der Waals surface area contributed by atoms with Crippen molar-refractivity contribution >= 4 is 16.8 Å². The van der Waals surface area contributed by atoms with Gasteiger partial charge in [0.2, 0.25) is 5.91 Å². The molecule has 2 heterocycles. The molecule has 27 heavy (non-hydrogen) atoms. The third kappa shape index (κ3) is 3.46. The van der Waals surface area contributed by atoms with Crippen molar-refractivity contribution in [1.29, 1.82) is 0 Å². The number of hydrogen-bond acceptors (Lipinski definition) is 5. The largest absolute Gasteiger partial charge is 0.457 e. The van der Waals surface area contributed by atoms with E-state index in [1.54, 1.807) is 24.5 Å². The number of hydrogen-bond donors (Lipinski definition) is 1.